The highest BCUT2D eigenvalue weighted by Crippen LogP contribution is 2.30. The van der Waals surface area contributed by atoms with Crippen LogP contribution < -0.4 is 0 Å². The molecule has 0 N–H and O–H groups in total. The van der Waals surface area contributed by atoms with Gasteiger partial charge in [0.25, 0.3) is 0 Å². The van der Waals surface area contributed by atoms with E-state index in [1.54, 1.807) is 29.8 Å². The van der Waals surface area contributed by atoms with Crippen molar-refractivity contribution in [3.63, 3.8) is 0 Å². The summed E-state index contributed by atoms with van der Waals surface area (Å²) in [5.41, 5.74) is 1.77. The third-order valence-electron chi connectivity index (χ3n) is 4.66. The fourth-order valence-corrected chi connectivity index (χ4v) is 4.39. The molecule has 0 radical (unpaired) electrons. The molecule has 2 heterocycles. The van der Waals surface area contributed by atoms with Gasteiger partial charge in [-0.15, -0.1) is 22.7 Å². The number of methoxy groups -OCH3 is 3. The number of nitrogens with zero attached hydrogens (tertiary/aromatic N) is 2. The molecule has 0 aliphatic heterocycles. The molecule has 2 aromatic rings. The molecule has 158 valence electrons. The van der Waals surface area contributed by atoms with E-state index in [1.165, 1.54) is 20.3 Å². The number of hydrogen-bond acceptors (Lipinski definition) is 8. The zero-order chi connectivity index (χ0) is 21.4. The van der Waals surface area contributed by atoms with Gasteiger partial charge in [-0.2, -0.15) is 0 Å². The van der Waals surface area contributed by atoms with Crippen LogP contribution >= 0.6 is 22.7 Å². The molecule has 0 aromatic carbocycles. The first-order chi connectivity index (χ1) is 13.9. The van der Waals surface area contributed by atoms with Gasteiger partial charge in [0.15, 0.2) is 0 Å². The molecule has 0 aliphatic carbocycles. The van der Waals surface area contributed by atoms with Crippen molar-refractivity contribution in [2.24, 2.45) is 5.92 Å². The Hall–Kier alpha value is -2.03. The summed E-state index contributed by atoms with van der Waals surface area (Å²) < 4.78 is 15.6. The monoisotopic (exact) mass is 436 g/mol. The van der Waals surface area contributed by atoms with E-state index in [2.05, 4.69) is 28.9 Å². The third-order valence-corrected chi connectivity index (χ3v) is 6.62. The molecule has 2 aromatic heterocycles. The maximum atomic E-state index is 11.5. The summed E-state index contributed by atoms with van der Waals surface area (Å²) in [6, 6.07) is 0. The Morgan fingerprint density at radius 2 is 1.90 bits per heavy atom. The van der Waals surface area contributed by atoms with Crippen LogP contribution in [0.15, 0.2) is 28.7 Å². The van der Waals surface area contributed by atoms with Gasteiger partial charge in [0.1, 0.15) is 16.5 Å². The lowest BCUT2D eigenvalue weighted by molar-refractivity contribution is -0.135. The van der Waals surface area contributed by atoms with Gasteiger partial charge in [-0.25, -0.2) is 14.8 Å². The van der Waals surface area contributed by atoms with Crippen LogP contribution in [0.5, 0.6) is 0 Å². The average Bonchev–Trinajstić information content (AvgIpc) is 3.41. The lowest BCUT2D eigenvalue weighted by Gasteiger charge is -2.21. The molecule has 0 spiro atoms. The van der Waals surface area contributed by atoms with E-state index in [4.69, 9.17) is 14.5 Å². The van der Waals surface area contributed by atoms with Crippen LogP contribution in [0.3, 0.4) is 0 Å². The van der Waals surface area contributed by atoms with E-state index in [0.29, 0.717) is 11.7 Å². The minimum Gasteiger partial charge on any atom is -0.500 e. The van der Waals surface area contributed by atoms with E-state index in [0.717, 1.165) is 27.8 Å². The summed E-state index contributed by atoms with van der Waals surface area (Å²) in [5.74, 6) is 0.323. The van der Waals surface area contributed by atoms with Crippen molar-refractivity contribution in [2.45, 2.75) is 39.2 Å². The van der Waals surface area contributed by atoms with Crippen LogP contribution in [-0.2, 0) is 19.0 Å². The minimum atomic E-state index is -0.461. The van der Waals surface area contributed by atoms with Gasteiger partial charge in [0.2, 0.25) is 0 Å². The number of ether oxygens (including phenoxy) is 3. The number of aromatic nitrogens is 2. The summed E-state index contributed by atoms with van der Waals surface area (Å²) >= 11 is 3.25. The second kappa shape index (κ2) is 11.2. The molecule has 0 amide bonds. The van der Waals surface area contributed by atoms with Crippen molar-refractivity contribution < 1.29 is 19.0 Å². The SMILES string of the molecule is CCC(C)c1nc(-c2nc(/C=C/C(OC)C(C)/C(=C/C(=O)OC)OC)cs2)cs1. The predicted octanol–water partition coefficient (Wildman–Crippen LogP) is 5.15. The number of rotatable bonds is 10. The predicted molar refractivity (Wildman–Crippen MR) is 118 cm³/mol. The summed E-state index contributed by atoms with van der Waals surface area (Å²) in [4.78, 5) is 20.9. The molecule has 0 aliphatic rings. The summed E-state index contributed by atoms with van der Waals surface area (Å²) in [6.07, 6.45) is 5.95. The molecule has 2 rings (SSSR count). The maximum absolute atomic E-state index is 11.5. The second-order valence-corrected chi connectivity index (χ2v) is 8.33. The van der Waals surface area contributed by atoms with Crippen LogP contribution in [0.25, 0.3) is 16.8 Å². The zero-order valence-corrected chi connectivity index (χ0v) is 19.3. The van der Waals surface area contributed by atoms with E-state index >= 15 is 0 Å². The maximum Gasteiger partial charge on any atom is 0.333 e. The largest absolute Gasteiger partial charge is 0.500 e. The molecule has 0 fully saturated rings. The summed E-state index contributed by atoms with van der Waals surface area (Å²) in [6.45, 7) is 6.28. The number of thiazole rings is 2. The Morgan fingerprint density at radius 1 is 1.14 bits per heavy atom. The molecule has 3 atom stereocenters. The van der Waals surface area contributed by atoms with Crippen LogP contribution in [-0.4, -0.2) is 43.4 Å². The first-order valence-electron chi connectivity index (χ1n) is 9.39. The number of hydrogen-bond donors (Lipinski definition) is 0. The fraction of sp³-hybridized carbons (Fsp3) is 0.476. The highest BCUT2D eigenvalue weighted by atomic mass is 32.1. The van der Waals surface area contributed by atoms with E-state index in [-0.39, 0.29) is 12.0 Å². The lowest BCUT2D eigenvalue weighted by atomic mass is 10.0. The van der Waals surface area contributed by atoms with Crippen LogP contribution in [0, 0.1) is 5.92 Å². The highest BCUT2D eigenvalue weighted by molar-refractivity contribution is 7.14. The number of carbonyl (C=O) groups excluding carboxylic acids is 1. The summed E-state index contributed by atoms with van der Waals surface area (Å²) in [5, 5.41) is 6.11. The van der Waals surface area contributed by atoms with Gasteiger partial charge in [-0.3, -0.25) is 0 Å². The first kappa shape index (κ1) is 23.3. The molecule has 3 unspecified atom stereocenters. The van der Waals surface area contributed by atoms with Crippen LogP contribution in [0.1, 0.15) is 43.8 Å². The number of esters is 1. The van der Waals surface area contributed by atoms with Crippen molar-refractivity contribution in [3.8, 4) is 10.7 Å². The fourth-order valence-electron chi connectivity index (χ4n) is 2.62. The summed E-state index contributed by atoms with van der Waals surface area (Å²) in [7, 11) is 4.48. The van der Waals surface area contributed by atoms with Crippen molar-refractivity contribution >= 4 is 34.7 Å². The smallest absolute Gasteiger partial charge is 0.333 e. The van der Waals surface area contributed by atoms with Crippen molar-refractivity contribution in [3.05, 3.63) is 39.4 Å². The van der Waals surface area contributed by atoms with Gasteiger partial charge >= 0.3 is 5.97 Å². The highest BCUT2D eigenvalue weighted by Gasteiger charge is 2.21. The van der Waals surface area contributed by atoms with Gasteiger partial charge in [-0.1, -0.05) is 26.8 Å². The number of carbonyl (C=O) groups is 1. The zero-order valence-electron chi connectivity index (χ0n) is 17.7. The van der Waals surface area contributed by atoms with Crippen molar-refractivity contribution in [1.29, 1.82) is 0 Å². The molecule has 8 heteroatoms. The Morgan fingerprint density at radius 3 is 2.52 bits per heavy atom. The van der Waals surface area contributed by atoms with Crippen LogP contribution in [0.4, 0.5) is 0 Å². The van der Waals surface area contributed by atoms with Gasteiger partial charge in [0.05, 0.1) is 37.1 Å². The molecule has 0 saturated heterocycles. The molecule has 29 heavy (non-hydrogen) atoms. The molecular formula is C21H28N2O4S2. The van der Waals surface area contributed by atoms with Gasteiger partial charge in [0, 0.05) is 29.7 Å². The van der Waals surface area contributed by atoms with E-state index in [9.17, 15) is 4.79 Å². The van der Waals surface area contributed by atoms with Gasteiger partial charge < -0.3 is 14.2 Å². The van der Waals surface area contributed by atoms with Crippen molar-refractivity contribution in [2.75, 3.05) is 21.3 Å². The minimum absolute atomic E-state index is 0.171. The molecule has 6 nitrogen and oxygen atoms in total. The molecule has 0 saturated carbocycles. The second-order valence-electron chi connectivity index (χ2n) is 6.58. The Balaban J connectivity index is 2.13. The normalized spacial score (nSPS) is 15.3. The third kappa shape index (κ3) is 6.22. The average molecular weight is 437 g/mol. The van der Waals surface area contributed by atoms with E-state index in [1.807, 2.05) is 24.5 Å². The van der Waals surface area contributed by atoms with Crippen LogP contribution in [0.2, 0.25) is 0 Å². The first-order valence-corrected chi connectivity index (χ1v) is 11.1. The molecular weight excluding hydrogens is 408 g/mol. The van der Waals surface area contributed by atoms with Gasteiger partial charge in [-0.05, 0) is 12.5 Å². The Labute approximate surface area is 180 Å². The lowest BCUT2D eigenvalue weighted by Crippen LogP contribution is -2.21. The quantitative estimate of drug-likeness (QED) is 0.291. The van der Waals surface area contributed by atoms with Crippen molar-refractivity contribution in [1.82, 2.24) is 9.97 Å². The Kier molecular flexibility index (Phi) is 9.00. The van der Waals surface area contributed by atoms with E-state index < -0.39 is 5.97 Å². The Bertz CT molecular complexity index is 856. The standard InChI is InChI=1S/C21H28N2O4S2/c1-7-13(2)20-23-16(12-29-20)21-22-15(11-28-21)8-9-17(25-4)14(3)18(26-5)10-19(24)27-6/h8-14,17H,7H2,1-6H3/b9-8+,18-10-. The molecule has 0 bridgehead atoms. The topological polar surface area (TPSA) is 70.5 Å².